The largest absolute Gasteiger partial charge is 0.328 e. The summed E-state index contributed by atoms with van der Waals surface area (Å²) in [6.45, 7) is 2.14. The van der Waals surface area contributed by atoms with E-state index in [0.717, 1.165) is 54.5 Å². The van der Waals surface area contributed by atoms with Crippen molar-refractivity contribution in [2.75, 3.05) is 20.1 Å². The standard InChI is InChI=1S/C15H19N5OS/c1-19-6-11(7-19)20-9-16-5-10(20)8-22-15-17-13-4-2-3-12(13)14(21)18-15/h5,9,11H,2-4,6-8H2,1H3,(H,17,18,21). The third kappa shape index (κ3) is 2.48. The van der Waals surface area contributed by atoms with Crippen molar-refractivity contribution in [2.24, 2.45) is 0 Å². The molecule has 1 saturated heterocycles. The third-order valence-corrected chi connectivity index (χ3v) is 5.37. The lowest BCUT2D eigenvalue weighted by atomic mass is 10.1. The van der Waals surface area contributed by atoms with E-state index in [1.54, 1.807) is 11.8 Å². The molecule has 0 spiro atoms. The highest BCUT2D eigenvalue weighted by Crippen LogP contribution is 2.26. The van der Waals surface area contributed by atoms with Crippen molar-refractivity contribution in [3.05, 3.63) is 39.8 Å². The summed E-state index contributed by atoms with van der Waals surface area (Å²) < 4.78 is 2.25. The average Bonchev–Trinajstić information content (AvgIpc) is 3.10. The molecule has 0 aromatic carbocycles. The van der Waals surface area contributed by atoms with E-state index in [9.17, 15) is 4.79 Å². The Kier molecular flexibility index (Phi) is 3.54. The van der Waals surface area contributed by atoms with Crippen molar-refractivity contribution < 1.29 is 0 Å². The first-order chi connectivity index (χ1) is 10.7. The van der Waals surface area contributed by atoms with Gasteiger partial charge in [-0.05, 0) is 26.3 Å². The van der Waals surface area contributed by atoms with Crippen LogP contribution in [-0.2, 0) is 18.6 Å². The number of hydrogen-bond donors (Lipinski definition) is 1. The second kappa shape index (κ2) is 5.55. The van der Waals surface area contributed by atoms with Gasteiger partial charge in [0.2, 0.25) is 0 Å². The Balaban J connectivity index is 1.48. The van der Waals surface area contributed by atoms with Gasteiger partial charge in [-0.3, -0.25) is 4.79 Å². The maximum absolute atomic E-state index is 12.0. The number of aromatic amines is 1. The zero-order valence-electron chi connectivity index (χ0n) is 12.6. The maximum atomic E-state index is 12.0. The van der Waals surface area contributed by atoms with Crippen molar-refractivity contribution in [3.8, 4) is 0 Å². The summed E-state index contributed by atoms with van der Waals surface area (Å²) in [4.78, 5) is 26.1. The van der Waals surface area contributed by atoms with Crippen LogP contribution in [0.3, 0.4) is 0 Å². The molecule has 116 valence electrons. The molecule has 0 unspecified atom stereocenters. The number of imidazole rings is 1. The van der Waals surface area contributed by atoms with E-state index < -0.39 is 0 Å². The molecule has 2 aromatic heterocycles. The van der Waals surface area contributed by atoms with E-state index in [1.165, 1.54) is 5.69 Å². The van der Waals surface area contributed by atoms with E-state index in [2.05, 4.69) is 31.5 Å². The Bertz CT molecular complexity index is 747. The molecule has 0 atom stereocenters. The lowest BCUT2D eigenvalue weighted by Gasteiger charge is -2.37. The summed E-state index contributed by atoms with van der Waals surface area (Å²) in [6.07, 6.45) is 6.66. The van der Waals surface area contributed by atoms with Crippen LogP contribution in [0.4, 0.5) is 0 Å². The van der Waals surface area contributed by atoms with Crippen molar-refractivity contribution in [3.63, 3.8) is 0 Å². The molecule has 0 bridgehead atoms. The average molecular weight is 317 g/mol. The fourth-order valence-corrected chi connectivity index (χ4v) is 4.09. The van der Waals surface area contributed by atoms with E-state index in [4.69, 9.17) is 0 Å². The fourth-order valence-electron chi connectivity index (χ4n) is 3.24. The monoisotopic (exact) mass is 317 g/mol. The van der Waals surface area contributed by atoms with Crippen LogP contribution in [0, 0.1) is 0 Å². The number of nitrogens with zero attached hydrogens (tertiary/aromatic N) is 4. The van der Waals surface area contributed by atoms with Crippen molar-refractivity contribution >= 4 is 11.8 Å². The van der Waals surface area contributed by atoms with Crippen LogP contribution in [0.5, 0.6) is 0 Å². The van der Waals surface area contributed by atoms with Crippen LogP contribution in [0.1, 0.15) is 29.4 Å². The van der Waals surface area contributed by atoms with Crippen molar-refractivity contribution in [1.29, 1.82) is 0 Å². The van der Waals surface area contributed by atoms with Gasteiger partial charge in [0.25, 0.3) is 5.56 Å². The normalized spacial score (nSPS) is 18.4. The van der Waals surface area contributed by atoms with Gasteiger partial charge in [-0.1, -0.05) is 11.8 Å². The maximum Gasteiger partial charge on any atom is 0.254 e. The molecular weight excluding hydrogens is 298 g/mol. The Morgan fingerprint density at radius 3 is 3.09 bits per heavy atom. The van der Waals surface area contributed by atoms with E-state index in [-0.39, 0.29) is 5.56 Å². The smallest absolute Gasteiger partial charge is 0.254 e. The van der Waals surface area contributed by atoms with Gasteiger partial charge < -0.3 is 14.5 Å². The van der Waals surface area contributed by atoms with Crippen molar-refractivity contribution in [1.82, 2.24) is 24.4 Å². The first-order valence-corrected chi connectivity index (χ1v) is 8.63. The van der Waals surface area contributed by atoms with Crippen LogP contribution in [0.2, 0.25) is 0 Å². The molecule has 2 aromatic rings. The Labute approximate surface area is 133 Å². The minimum Gasteiger partial charge on any atom is -0.328 e. The Hall–Kier alpha value is -1.60. The first-order valence-electron chi connectivity index (χ1n) is 7.65. The summed E-state index contributed by atoms with van der Waals surface area (Å²) in [5.41, 5.74) is 3.10. The molecule has 6 nitrogen and oxygen atoms in total. The number of thioether (sulfide) groups is 1. The van der Waals surface area contributed by atoms with Gasteiger partial charge in [-0.25, -0.2) is 9.97 Å². The molecule has 1 fully saturated rings. The molecular formula is C15H19N5OS. The predicted molar refractivity (Wildman–Crippen MR) is 85.2 cm³/mol. The molecule has 22 heavy (non-hydrogen) atoms. The topological polar surface area (TPSA) is 66.8 Å². The number of aromatic nitrogens is 4. The molecule has 4 rings (SSSR count). The molecule has 0 saturated carbocycles. The van der Waals surface area contributed by atoms with E-state index in [1.807, 2.05) is 12.5 Å². The second-order valence-corrected chi connectivity index (χ2v) is 7.07. The highest BCUT2D eigenvalue weighted by molar-refractivity contribution is 7.98. The number of likely N-dealkylation sites (tertiary alicyclic amines) is 1. The fraction of sp³-hybridized carbons (Fsp3) is 0.533. The first kappa shape index (κ1) is 14.0. The number of likely N-dealkylation sites (N-methyl/N-ethyl adjacent to an activating group) is 1. The van der Waals surface area contributed by atoms with Crippen LogP contribution >= 0.6 is 11.8 Å². The Morgan fingerprint density at radius 2 is 2.27 bits per heavy atom. The molecule has 7 heteroatoms. The van der Waals surface area contributed by atoms with Crippen molar-refractivity contribution in [2.45, 2.75) is 36.2 Å². The highest BCUT2D eigenvalue weighted by Gasteiger charge is 2.26. The summed E-state index contributed by atoms with van der Waals surface area (Å²) in [5, 5.41) is 0.726. The number of rotatable bonds is 4. The molecule has 0 radical (unpaired) electrons. The lowest BCUT2D eigenvalue weighted by Crippen LogP contribution is -2.45. The van der Waals surface area contributed by atoms with Gasteiger partial charge in [0.15, 0.2) is 5.16 Å². The SMILES string of the molecule is CN1CC(n2cncc2CSc2nc3c(c(=O)[nH]2)CCC3)C1. The highest BCUT2D eigenvalue weighted by atomic mass is 32.2. The molecule has 0 amide bonds. The molecule has 1 N–H and O–H groups in total. The number of H-pyrrole nitrogens is 1. The summed E-state index contributed by atoms with van der Waals surface area (Å²) >= 11 is 1.58. The van der Waals surface area contributed by atoms with Gasteiger partial charge in [-0.15, -0.1) is 0 Å². The van der Waals surface area contributed by atoms with Crippen LogP contribution < -0.4 is 5.56 Å². The zero-order valence-corrected chi connectivity index (χ0v) is 13.4. The minimum absolute atomic E-state index is 0.0409. The van der Waals surface area contributed by atoms with Crippen LogP contribution in [0.25, 0.3) is 0 Å². The lowest BCUT2D eigenvalue weighted by molar-refractivity contribution is 0.139. The third-order valence-electron chi connectivity index (χ3n) is 4.46. The van der Waals surface area contributed by atoms with Crippen LogP contribution in [0.15, 0.2) is 22.5 Å². The molecule has 2 aliphatic rings. The zero-order chi connectivity index (χ0) is 15.1. The Morgan fingerprint density at radius 1 is 1.41 bits per heavy atom. The summed E-state index contributed by atoms with van der Waals surface area (Å²) in [5.74, 6) is 0.780. The predicted octanol–water partition coefficient (Wildman–Crippen LogP) is 1.23. The quantitative estimate of drug-likeness (QED) is 0.679. The molecule has 1 aliphatic heterocycles. The number of aryl methyl sites for hydroxylation is 1. The number of hydrogen-bond acceptors (Lipinski definition) is 5. The summed E-state index contributed by atoms with van der Waals surface area (Å²) in [6, 6.07) is 0.523. The number of nitrogens with one attached hydrogen (secondary N) is 1. The second-order valence-electron chi connectivity index (χ2n) is 6.11. The van der Waals surface area contributed by atoms with E-state index in [0.29, 0.717) is 6.04 Å². The van der Waals surface area contributed by atoms with Gasteiger partial charge in [0, 0.05) is 36.3 Å². The summed E-state index contributed by atoms with van der Waals surface area (Å²) in [7, 11) is 2.13. The van der Waals surface area contributed by atoms with Gasteiger partial charge in [0.1, 0.15) is 0 Å². The van der Waals surface area contributed by atoms with Crippen LogP contribution in [-0.4, -0.2) is 44.6 Å². The van der Waals surface area contributed by atoms with Gasteiger partial charge in [0.05, 0.1) is 18.1 Å². The molecule has 3 heterocycles. The molecule has 1 aliphatic carbocycles. The van der Waals surface area contributed by atoms with Gasteiger partial charge >= 0.3 is 0 Å². The van der Waals surface area contributed by atoms with Gasteiger partial charge in [-0.2, -0.15) is 0 Å². The van der Waals surface area contributed by atoms with E-state index >= 15 is 0 Å². The number of fused-ring (bicyclic) bond motifs is 1. The minimum atomic E-state index is 0.0409.